The normalized spacial score (nSPS) is 32.3. The molecule has 0 radical (unpaired) electrons. The molecule has 2 aliphatic carbocycles. The summed E-state index contributed by atoms with van der Waals surface area (Å²) >= 11 is 0. The third-order valence-electron chi connectivity index (χ3n) is 5.21. The van der Waals surface area contributed by atoms with Gasteiger partial charge in [0.2, 0.25) is 0 Å². The van der Waals surface area contributed by atoms with Gasteiger partial charge in [-0.15, -0.1) is 0 Å². The third kappa shape index (κ3) is 3.98. The second-order valence-corrected chi connectivity index (χ2v) is 7.29. The molecule has 1 heteroatoms. The SMILES string of the molecule is CCCNC(CCC1CC2CCC1C2)CC(C)C. The maximum absolute atomic E-state index is 3.77. The molecule has 1 nitrogen and oxygen atoms in total. The Morgan fingerprint density at radius 2 is 2.00 bits per heavy atom. The smallest absolute Gasteiger partial charge is 0.00695 e. The average Bonchev–Trinajstić information content (AvgIpc) is 2.94. The van der Waals surface area contributed by atoms with Crippen LogP contribution in [-0.2, 0) is 0 Å². The minimum Gasteiger partial charge on any atom is -0.314 e. The topological polar surface area (TPSA) is 12.0 Å². The maximum Gasteiger partial charge on any atom is 0.00695 e. The van der Waals surface area contributed by atoms with Gasteiger partial charge in [0.05, 0.1) is 0 Å². The van der Waals surface area contributed by atoms with Crippen LogP contribution < -0.4 is 5.32 Å². The van der Waals surface area contributed by atoms with Crippen LogP contribution in [0.1, 0.15) is 72.1 Å². The van der Waals surface area contributed by atoms with Crippen LogP contribution in [0.4, 0.5) is 0 Å². The van der Waals surface area contributed by atoms with Gasteiger partial charge in [-0.25, -0.2) is 0 Å². The van der Waals surface area contributed by atoms with E-state index in [1.165, 1.54) is 32.2 Å². The number of hydrogen-bond acceptors (Lipinski definition) is 1. The molecule has 4 unspecified atom stereocenters. The molecule has 0 saturated heterocycles. The molecule has 18 heavy (non-hydrogen) atoms. The van der Waals surface area contributed by atoms with Crippen LogP contribution in [0, 0.1) is 23.7 Å². The standard InChI is InChI=1S/C17H33N/c1-4-9-18-17(10-13(2)3)8-7-16-12-14-5-6-15(16)11-14/h13-18H,4-12H2,1-3H3. The zero-order valence-corrected chi connectivity index (χ0v) is 12.8. The van der Waals surface area contributed by atoms with Crippen molar-refractivity contribution in [3.8, 4) is 0 Å². The minimum absolute atomic E-state index is 0.782. The highest BCUT2D eigenvalue weighted by Crippen LogP contribution is 2.50. The van der Waals surface area contributed by atoms with Crippen LogP contribution in [0.15, 0.2) is 0 Å². The zero-order chi connectivity index (χ0) is 13.0. The van der Waals surface area contributed by atoms with Gasteiger partial charge >= 0.3 is 0 Å². The Kier molecular flexibility index (Phi) is 5.54. The first kappa shape index (κ1) is 14.4. The minimum atomic E-state index is 0.782. The van der Waals surface area contributed by atoms with Crippen molar-refractivity contribution in [2.75, 3.05) is 6.54 Å². The molecule has 0 aliphatic heterocycles. The van der Waals surface area contributed by atoms with E-state index in [0.29, 0.717) is 0 Å². The van der Waals surface area contributed by atoms with Crippen molar-refractivity contribution < 1.29 is 0 Å². The highest BCUT2D eigenvalue weighted by molar-refractivity contribution is 4.90. The number of nitrogens with one attached hydrogen (secondary N) is 1. The van der Waals surface area contributed by atoms with E-state index in [1.807, 2.05) is 0 Å². The summed E-state index contributed by atoms with van der Waals surface area (Å²) in [5.74, 6) is 4.15. The second-order valence-electron chi connectivity index (χ2n) is 7.29. The number of rotatable bonds is 8. The Labute approximate surface area is 114 Å². The van der Waals surface area contributed by atoms with Crippen molar-refractivity contribution in [1.29, 1.82) is 0 Å². The lowest BCUT2D eigenvalue weighted by atomic mass is 9.84. The molecule has 2 saturated carbocycles. The maximum atomic E-state index is 3.77. The molecular formula is C17H33N. The van der Waals surface area contributed by atoms with Crippen molar-refractivity contribution in [3.63, 3.8) is 0 Å². The van der Waals surface area contributed by atoms with Crippen molar-refractivity contribution in [2.24, 2.45) is 23.7 Å². The summed E-state index contributed by atoms with van der Waals surface area (Å²) in [6, 6.07) is 0.782. The van der Waals surface area contributed by atoms with Gasteiger partial charge in [-0.1, -0.05) is 27.2 Å². The summed E-state index contributed by atoms with van der Waals surface area (Å²) in [4.78, 5) is 0. The molecule has 2 fully saturated rings. The molecule has 0 aromatic carbocycles. The molecule has 0 aromatic rings. The molecule has 2 rings (SSSR count). The van der Waals surface area contributed by atoms with E-state index in [-0.39, 0.29) is 0 Å². The predicted octanol–water partition coefficient (Wildman–Crippen LogP) is 4.62. The summed E-state index contributed by atoms with van der Waals surface area (Å²) < 4.78 is 0. The van der Waals surface area contributed by atoms with Crippen molar-refractivity contribution in [3.05, 3.63) is 0 Å². The quantitative estimate of drug-likeness (QED) is 0.664. The number of hydrogen-bond donors (Lipinski definition) is 1. The molecule has 2 bridgehead atoms. The molecule has 0 amide bonds. The fraction of sp³-hybridized carbons (Fsp3) is 1.00. The van der Waals surface area contributed by atoms with Crippen LogP contribution in [0.25, 0.3) is 0 Å². The summed E-state index contributed by atoms with van der Waals surface area (Å²) in [6.45, 7) is 8.19. The van der Waals surface area contributed by atoms with Crippen molar-refractivity contribution >= 4 is 0 Å². The van der Waals surface area contributed by atoms with E-state index in [4.69, 9.17) is 0 Å². The van der Waals surface area contributed by atoms with E-state index in [2.05, 4.69) is 26.1 Å². The second kappa shape index (κ2) is 6.93. The lowest BCUT2D eigenvalue weighted by Gasteiger charge is -2.26. The number of fused-ring (bicyclic) bond motifs is 2. The molecule has 4 atom stereocenters. The van der Waals surface area contributed by atoms with E-state index >= 15 is 0 Å². The van der Waals surface area contributed by atoms with Gasteiger partial charge in [0.1, 0.15) is 0 Å². The van der Waals surface area contributed by atoms with Gasteiger partial charge in [0.15, 0.2) is 0 Å². The molecule has 1 N–H and O–H groups in total. The van der Waals surface area contributed by atoms with Crippen LogP contribution in [0.5, 0.6) is 0 Å². The first-order valence-electron chi connectivity index (χ1n) is 8.42. The van der Waals surface area contributed by atoms with Gasteiger partial charge in [0.25, 0.3) is 0 Å². The van der Waals surface area contributed by atoms with E-state index in [9.17, 15) is 0 Å². The largest absolute Gasteiger partial charge is 0.314 e. The van der Waals surface area contributed by atoms with Crippen LogP contribution in [0.2, 0.25) is 0 Å². The lowest BCUT2D eigenvalue weighted by Crippen LogP contribution is -2.32. The molecule has 2 aliphatic rings. The van der Waals surface area contributed by atoms with Gasteiger partial charge in [-0.3, -0.25) is 0 Å². The molecule has 106 valence electrons. The highest BCUT2D eigenvalue weighted by atomic mass is 14.9. The summed E-state index contributed by atoms with van der Waals surface area (Å²) in [5.41, 5.74) is 0. The van der Waals surface area contributed by atoms with E-state index in [1.54, 1.807) is 25.7 Å². The Hall–Kier alpha value is -0.0400. The zero-order valence-electron chi connectivity index (χ0n) is 12.8. The Balaban J connectivity index is 1.70. The summed E-state index contributed by atoms with van der Waals surface area (Å²) in [5, 5.41) is 3.77. The van der Waals surface area contributed by atoms with Crippen LogP contribution in [0.3, 0.4) is 0 Å². The van der Waals surface area contributed by atoms with Crippen LogP contribution >= 0.6 is 0 Å². The van der Waals surface area contributed by atoms with E-state index in [0.717, 1.165) is 29.7 Å². The Morgan fingerprint density at radius 1 is 1.17 bits per heavy atom. The van der Waals surface area contributed by atoms with Crippen molar-refractivity contribution in [2.45, 2.75) is 78.2 Å². The van der Waals surface area contributed by atoms with Crippen molar-refractivity contribution in [1.82, 2.24) is 5.32 Å². The molecular weight excluding hydrogens is 218 g/mol. The van der Waals surface area contributed by atoms with Gasteiger partial charge in [-0.2, -0.15) is 0 Å². The lowest BCUT2D eigenvalue weighted by molar-refractivity contribution is 0.282. The average molecular weight is 251 g/mol. The van der Waals surface area contributed by atoms with Gasteiger partial charge < -0.3 is 5.32 Å². The first-order valence-corrected chi connectivity index (χ1v) is 8.42. The van der Waals surface area contributed by atoms with Gasteiger partial charge in [-0.05, 0) is 75.2 Å². The monoisotopic (exact) mass is 251 g/mol. The molecule has 0 aromatic heterocycles. The highest BCUT2D eigenvalue weighted by Gasteiger charge is 2.39. The Morgan fingerprint density at radius 3 is 2.56 bits per heavy atom. The fourth-order valence-electron chi connectivity index (χ4n) is 4.37. The molecule has 0 heterocycles. The Bertz CT molecular complexity index is 236. The third-order valence-corrected chi connectivity index (χ3v) is 5.21. The fourth-order valence-corrected chi connectivity index (χ4v) is 4.37. The summed E-state index contributed by atoms with van der Waals surface area (Å²) in [6.07, 6.45) is 11.8. The summed E-state index contributed by atoms with van der Waals surface area (Å²) in [7, 11) is 0. The van der Waals surface area contributed by atoms with E-state index < -0.39 is 0 Å². The predicted molar refractivity (Wildman–Crippen MR) is 79.7 cm³/mol. The van der Waals surface area contributed by atoms with Crippen LogP contribution in [-0.4, -0.2) is 12.6 Å². The first-order chi connectivity index (χ1) is 8.69. The molecule has 0 spiro atoms. The van der Waals surface area contributed by atoms with Gasteiger partial charge in [0, 0.05) is 6.04 Å².